The third-order valence-electron chi connectivity index (χ3n) is 5.75. The van der Waals surface area contributed by atoms with Gasteiger partial charge in [0.1, 0.15) is 11.9 Å². The van der Waals surface area contributed by atoms with Crippen molar-refractivity contribution in [2.45, 2.75) is 55.4 Å². The molecule has 0 bridgehead atoms. The highest BCUT2D eigenvalue weighted by Gasteiger charge is 2.30. The van der Waals surface area contributed by atoms with Crippen LogP contribution in [0.25, 0.3) is 0 Å². The Balaban J connectivity index is 1.55. The second kappa shape index (κ2) is 13.4. The Kier molecular flexibility index (Phi) is 10.5. The minimum atomic E-state index is -4.05. The molecule has 0 saturated carbocycles. The number of amidine groups is 1. The zero-order valence-corrected chi connectivity index (χ0v) is 23.9. The molecule has 2 aromatic rings. The molecule has 0 fully saturated rings. The molecule has 0 radical (unpaired) electrons. The van der Waals surface area contributed by atoms with Gasteiger partial charge in [-0.15, -0.1) is 0 Å². The van der Waals surface area contributed by atoms with Crippen molar-refractivity contribution >= 4 is 55.0 Å². The summed E-state index contributed by atoms with van der Waals surface area (Å²) < 4.78 is 60.5. The second-order valence-electron chi connectivity index (χ2n) is 9.22. The summed E-state index contributed by atoms with van der Waals surface area (Å²) in [5.74, 6) is -1.66. The lowest BCUT2D eigenvalue weighted by Crippen LogP contribution is -2.45. The molecular formula is C25H31ClN4O7S2. The quantitative estimate of drug-likeness (QED) is 0.354. The molecule has 0 aromatic heterocycles. The van der Waals surface area contributed by atoms with Crippen LogP contribution in [0, 0.1) is 5.92 Å². The predicted molar refractivity (Wildman–Crippen MR) is 148 cm³/mol. The summed E-state index contributed by atoms with van der Waals surface area (Å²) in [6, 6.07) is 9.66. The van der Waals surface area contributed by atoms with Crippen LogP contribution in [0.5, 0.6) is 0 Å². The molecule has 1 amide bonds. The Hall–Kier alpha value is -3.00. The molecule has 39 heavy (non-hydrogen) atoms. The van der Waals surface area contributed by atoms with Crippen LogP contribution in [0.3, 0.4) is 0 Å². The summed E-state index contributed by atoms with van der Waals surface area (Å²) in [4.78, 5) is 29.2. The number of ether oxygens (including phenoxy) is 1. The first kappa shape index (κ1) is 30.5. The van der Waals surface area contributed by atoms with Crippen molar-refractivity contribution in [1.29, 1.82) is 0 Å². The molecule has 3 rings (SSSR count). The molecule has 0 aliphatic carbocycles. The highest BCUT2D eigenvalue weighted by atomic mass is 35.5. The van der Waals surface area contributed by atoms with Crippen molar-refractivity contribution in [2.24, 2.45) is 10.9 Å². The van der Waals surface area contributed by atoms with Crippen molar-refractivity contribution in [2.75, 3.05) is 18.5 Å². The van der Waals surface area contributed by atoms with Crippen LogP contribution in [0.1, 0.15) is 39.5 Å². The molecule has 212 valence electrons. The average Bonchev–Trinajstić information content (AvgIpc) is 3.14. The number of nitrogens with zero attached hydrogens (tertiary/aromatic N) is 1. The summed E-state index contributed by atoms with van der Waals surface area (Å²) in [5.41, 5.74) is 0.283. The van der Waals surface area contributed by atoms with Crippen molar-refractivity contribution in [3.05, 3.63) is 53.6 Å². The van der Waals surface area contributed by atoms with Gasteiger partial charge in [-0.05, 0) is 67.3 Å². The molecule has 1 aliphatic rings. The maximum atomic E-state index is 12.7. The first-order valence-electron chi connectivity index (χ1n) is 12.3. The number of hydrogen-bond acceptors (Lipinski definition) is 8. The standard InChI is InChI=1S/C25H31ClN4O7S2/c1-17(2)24(30-39(35,36)20-11-7-18(26)8-12-20)25(32)37-16-23(31)28-19-9-13-21(14-10-19)38(33,34)29-22-6-4-3-5-15-27-22/h7-14,17,24,30H,3-6,15-16H2,1-2H3,(H,27,29)(H,28,31). The molecule has 2 aromatic carbocycles. The molecule has 11 nitrogen and oxygen atoms in total. The van der Waals surface area contributed by atoms with Gasteiger partial charge in [-0.1, -0.05) is 31.9 Å². The van der Waals surface area contributed by atoms with Crippen molar-refractivity contribution in [3.8, 4) is 0 Å². The van der Waals surface area contributed by atoms with Gasteiger partial charge in [-0.3, -0.25) is 19.3 Å². The van der Waals surface area contributed by atoms with Crippen molar-refractivity contribution in [3.63, 3.8) is 0 Å². The normalized spacial score (nSPS) is 15.1. The maximum absolute atomic E-state index is 12.7. The molecule has 1 heterocycles. The van der Waals surface area contributed by atoms with Crippen LogP contribution in [-0.4, -0.2) is 53.7 Å². The second-order valence-corrected chi connectivity index (χ2v) is 13.1. The van der Waals surface area contributed by atoms with Crippen molar-refractivity contribution in [1.82, 2.24) is 9.44 Å². The van der Waals surface area contributed by atoms with Crippen LogP contribution in [0.15, 0.2) is 63.3 Å². The Morgan fingerprint density at radius 3 is 2.18 bits per heavy atom. The number of sulfonamides is 2. The Morgan fingerprint density at radius 1 is 0.923 bits per heavy atom. The van der Waals surface area contributed by atoms with Gasteiger partial charge in [0.05, 0.1) is 9.79 Å². The number of esters is 1. The number of benzene rings is 2. The zero-order valence-electron chi connectivity index (χ0n) is 21.5. The van der Waals surface area contributed by atoms with E-state index in [1.807, 2.05) is 0 Å². The van der Waals surface area contributed by atoms with E-state index in [4.69, 9.17) is 16.3 Å². The number of amides is 1. The van der Waals surface area contributed by atoms with E-state index in [9.17, 15) is 26.4 Å². The molecule has 0 spiro atoms. The first-order valence-corrected chi connectivity index (χ1v) is 15.6. The SMILES string of the molecule is CC(C)C(NS(=O)(=O)c1ccc(Cl)cc1)C(=O)OCC(=O)Nc1ccc(S(=O)(=O)NC2=NCCCCC2)cc1. The minimum Gasteiger partial charge on any atom is -0.454 e. The van der Waals surface area contributed by atoms with Gasteiger partial charge in [-0.2, -0.15) is 4.72 Å². The molecule has 3 N–H and O–H groups in total. The number of halogens is 1. The number of anilines is 1. The number of rotatable bonds is 10. The summed E-state index contributed by atoms with van der Waals surface area (Å²) in [6.07, 6.45) is 3.34. The predicted octanol–water partition coefficient (Wildman–Crippen LogP) is 3.08. The number of carbonyl (C=O) groups is 2. The van der Waals surface area contributed by atoms with Gasteiger partial charge in [-0.25, -0.2) is 16.8 Å². The molecule has 1 aliphatic heterocycles. The fraction of sp³-hybridized carbons (Fsp3) is 0.400. The summed E-state index contributed by atoms with van der Waals surface area (Å²) in [6.45, 7) is 3.16. The highest BCUT2D eigenvalue weighted by molar-refractivity contribution is 7.90. The van der Waals surface area contributed by atoms with E-state index in [1.165, 1.54) is 48.5 Å². The number of nitrogens with one attached hydrogen (secondary N) is 3. The van der Waals surface area contributed by atoms with E-state index >= 15 is 0 Å². The van der Waals surface area contributed by atoms with Crippen LogP contribution in [0.2, 0.25) is 5.02 Å². The Morgan fingerprint density at radius 2 is 1.54 bits per heavy atom. The molecular weight excluding hydrogens is 568 g/mol. The van der Waals surface area contributed by atoms with Gasteiger partial charge in [0, 0.05) is 23.7 Å². The van der Waals surface area contributed by atoms with E-state index in [1.54, 1.807) is 13.8 Å². The van der Waals surface area contributed by atoms with E-state index in [0.29, 0.717) is 23.8 Å². The maximum Gasteiger partial charge on any atom is 0.324 e. The summed E-state index contributed by atoms with van der Waals surface area (Å²) in [7, 11) is -7.88. The van der Waals surface area contributed by atoms with Gasteiger partial charge in [0.2, 0.25) is 10.0 Å². The monoisotopic (exact) mass is 598 g/mol. The fourth-order valence-corrected chi connectivity index (χ4v) is 6.17. The first-order chi connectivity index (χ1) is 18.4. The van der Waals surface area contributed by atoms with Gasteiger partial charge in [0.15, 0.2) is 6.61 Å². The highest BCUT2D eigenvalue weighted by Crippen LogP contribution is 2.17. The van der Waals surface area contributed by atoms with Gasteiger partial charge >= 0.3 is 5.97 Å². The molecule has 0 saturated heterocycles. The summed E-state index contributed by atoms with van der Waals surface area (Å²) in [5, 5.41) is 2.87. The third-order valence-corrected chi connectivity index (χ3v) is 8.85. The lowest BCUT2D eigenvalue weighted by Gasteiger charge is -2.20. The van der Waals surface area contributed by atoms with Crippen LogP contribution < -0.4 is 14.8 Å². The number of carbonyl (C=O) groups excluding carboxylic acids is 2. The number of hydrogen-bond donors (Lipinski definition) is 3. The van der Waals surface area contributed by atoms with E-state index < -0.39 is 50.5 Å². The zero-order chi connectivity index (χ0) is 28.6. The van der Waals surface area contributed by atoms with Crippen molar-refractivity contribution < 1.29 is 31.2 Å². The van der Waals surface area contributed by atoms with Crippen LogP contribution >= 0.6 is 11.6 Å². The fourth-order valence-electron chi connectivity index (χ4n) is 3.62. The number of aliphatic imine (C=N–C) groups is 1. The Bertz CT molecular complexity index is 1410. The van der Waals surface area contributed by atoms with E-state index in [2.05, 4.69) is 19.8 Å². The van der Waals surface area contributed by atoms with Crippen LogP contribution in [-0.2, 0) is 34.4 Å². The van der Waals surface area contributed by atoms with Gasteiger partial charge < -0.3 is 10.1 Å². The van der Waals surface area contributed by atoms with Gasteiger partial charge in [0.25, 0.3) is 15.9 Å². The van der Waals surface area contributed by atoms with Crippen LogP contribution in [0.4, 0.5) is 5.69 Å². The largest absolute Gasteiger partial charge is 0.454 e. The minimum absolute atomic E-state index is 0.00613. The average molecular weight is 599 g/mol. The lowest BCUT2D eigenvalue weighted by molar-refractivity contribution is -0.150. The van der Waals surface area contributed by atoms with E-state index in [0.717, 1.165) is 19.3 Å². The third kappa shape index (κ3) is 9.02. The smallest absolute Gasteiger partial charge is 0.324 e. The topological polar surface area (TPSA) is 160 Å². The van der Waals surface area contributed by atoms with E-state index in [-0.39, 0.29) is 15.5 Å². The Labute approximate surface area is 233 Å². The molecule has 14 heteroatoms. The lowest BCUT2D eigenvalue weighted by atomic mass is 10.1. The summed E-state index contributed by atoms with van der Waals surface area (Å²) >= 11 is 5.80. The molecule has 1 unspecified atom stereocenters. The molecule has 1 atom stereocenters.